The number of ether oxygens (including phenoxy) is 2. The number of carbonyl (C=O) groups is 4. The lowest BCUT2D eigenvalue weighted by Crippen LogP contribution is -2.48. The molecule has 0 saturated carbocycles. The fraction of sp³-hybridized carbons (Fsp3) is 0.500. The highest BCUT2D eigenvalue weighted by molar-refractivity contribution is 5.92. The summed E-state index contributed by atoms with van der Waals surface area (Å²) in [6.45, 7) is 1.58. The molecular weight excluding hydrogens is 268 g/mol. The highest BCUT2D eigenvalue weighted by Gasteiger charge is 2.41. The van der Waals surface area contributed by atoms with E-state index in [2.05, 4.69) is 4.74 Å². The maximum atomic E-state index is 11.5. The van der Waals surface area contributed by atoms with Crippen molar-refractivity contribution in [3.05, 3.63) is 12.2 Å². The van der Waals surface area contributed by atoms with Crippen molar-refractivity contribution < 1.29 is 28.7 Å². The summed E-state index contributed by atoms with van der Waals surface area (Å²) in [7, 11) is 1.17. The predicted octanol–water partition coefficient (Wildman–Crippen LogP) is -1.27. The van der Waals surface area contributed by atoms with E-state index in [1.807, 2.05) is 0 Å². The highest BCUT2D eigenvalue weighted by atomic mass is 16.5. The Hall–Kier alpha value is -2.38. The Kier molecular flexibility index (Phi) is 5.24. The lowest BCUT2D eigenvalue weighted by Gasteiger charge is -2.23. The van der Waals surface area contributed by atoms with Crippen molar-refractivity contribution in [3.8, 4) is 0 Å². The molecule has 1 aliphatic rings. The van der Waals surface area contributed by atoms with Gasteiger partial charge in [-0.25, -0.2) is 9.59 Å². The van der Waals surface area contributed by atoms with Crippen LogP contribution in [0.4, 0.5) is 0 Å². The number of rotatable bonds is 4. The maximum absolute atomic E-state index is 11.5. The van der Waals surface area contributed by atoms with Gasteiger partial charge in [0.1, 0.15) is 12.1 Å². The van der Waals surface area contributed by atoms with Crippen LogP contribution in [0.2, 0.25) is 0 Å². The number of amides is 2. The van der Waals surface area contributed by atoms with Crippen LogP contribution in [0.15, 0.2) is 12.2 Å². The number of esters is 2. The molecule has 2 amide bonds. The van der Waals surface area contributed by atoms with E-state index in [4.69, 9.17) is 10.5 Å². The van der Waals surface area contributed by atoms with E-state index in [0.717, 1.165) is 12.2 Å². The molecule has 0 aromatic rings. The summed E-state index contributed by atoms with van der Waals surface area (Å²) in [5.41, 5.74) is 5.22. The molecule has 8 nitrogen and oxygen atoms in total. The number of likely N-dealkylation sites (tertiary alicyclic amines) is 1. The number of hydrogen-bond acceptors (Lipinski definition) is 6. The number of nitrogens with zero attached hydrogens (tertiary/aromatic N) is 1. The van der Waals surface area contributed by atoms with Gasteiger partial charge in [0.15, 0.2) is 0 Å². The van der Waals surface area contributed by atoms with E-state index >= 15 is 0 Å². The molecule has 20 heavy (non-hydrogen) atoms. The lowest BCUT2D eigenvalue weighted by molar-refractivity contribution is -0.149. The van der Waals surface area contributed by atoms with Crippen LogP contribution in [-0.2, 0) is 28.7 Å². The second kappa shape index (κ2) is 6.69. The normalized spacial score (nSPS) is 21.8. The van der Waals surface area contributed by atoms with Gasteiger partial charge in [0.2, 0.25) is 11.8 Å². The first-order valence-corrected chi connectivity index (χ1v) is 5.90. The molecule has 1 heterocycles. The first-order valence-electron chi connectivity index (χ1n) is 5.90. The summed E-state index contributed by atoms with van der Waals surface area (Å²) in [5, 5.41) is 0. The average molecular weight is 284 g/mol. The third-order valence-corrected chi connectivity index (χ3v) is 2.86. The molecule has 0 aliphatic carbocycles. The lowest BCUT2D eigenvalue weighted by atomic mass is 10.1. The van der Waals surface area contributed by atoms with Crippen LogP contribution in [0.25, 0.3) is 0 Å². The largest absolute Gasteiger partial charge is 0.466 e. The summed E-state index contributed by atoms with van der Waals surface area (Å²) in [6, 6.07) is -0.983. The van der Waals surface area contributed by atoms with Gasteiger partial charge in [-0.2, -0.15) is 0 Å². The molecule has 0 aromatic heterocycles. The van der Waals surface area contributed by atoms with Gasteiger partial charge in [0.25, 0.3) is 0 Å². The van der Waals surface area contributed by atoms with Gasteiger partial charge >= 0.3 is 11.9 Å². The second-order valence-corrected chi connectivity index (χ2v) is 4.18. The molecule has 0 bridgehead atoms. The Labute approximate surface area is 115 Å². The molecule has 1 saturated heterocycles. The van der Waals surface area contributed by atoms with Crippen molar-refractivity contribution in [1.29, 1.82) is 0 Å². The zero-order valence-corrected chi connectivity index (χ0v) is 11.2. The fourth-order valence-electron chi connectivity index (χ4n) is 1.97. The third-order valence-electron chi connectivity index (χ3n) is 2.86. The molecule has 0 radical (unpaired) electrons. The number of primary amides is 1. The molecule has 1 fully saturated rings. The third kappa shape index (κ3) is 3.81. The van der Waals surface area contributed by atoms with Gasteiger partial charge in [-0.3, -0.25) is 9.59 Å². The van der Waals surface area contributed by atoms with Gasteiger partial charge in [-0.1, -0.05) is 0 Å². The highest BCUT2D eigenvalue weighted by Crippen LogP contribution is 2.21. The quantitative estimate of drug-likeness (QED) is 0.508. The van der Waals surface area contributed by atoms with Gasteiger partial charge < -0.3 is 20.1 Å². The van der Waals surface area contributed by atoms with Crippen molar-refractivity contribution in [3.63, 3.8) is 0 Å². The molecule has 0 unspecified atom stereocenters. The van der Waals surface area contributed by atoms with E-state index in [-0.39, 0.29) is 12.5 Å². The zero-order valence-electron chi connectivity index (χ0n) is 11.2. The molecular formula is C12H16N2O6. The molecule has 1 rings (SSSR count). The molecule has 0 spiro atoms. The smallest absolute Gasteiger partial charge is 0.331 e. The number of hydrogen-bond donors (Lipinski definition) is 1. The first kappa shape index (κ1) is 15.7. The Bertz CT molecular complexity index is 459. The van der Waals surface area contributed by atoms with Crippen molar-refractivity contribution >= 4 is 23.8 Å². The van der Waals surface area contributed by atoms with Gasteiger partial charge in [-0.15, -0.1) is 0 Å². The van der Waals surface area contributed by atoms with Crippen LogP contribution in [0.1, 0.15) is 13.3 Å². The van der Waals surface area contributed by atoms with E-state index in [1.54, 1.807) is 0 Å². The van der Waals surface area contributed by atoms with E-state index in [1.165, 1.54) is 18.9 Å². The molecule has 110 valence electrons. The molecule has 0 aromatic carbocycles. The van der Waals surface area contributed by atoms with Crippen LogP contribution < -0.4 is 5.73 Å². The van der Waals surface area contributed by atoms with Gasteiger partial charge in [-0.05, 0) is 0 Å². The maximum Gasteiger partial charge on any atom is 0.331 e. The van der Waals surface area contributed by atoms with E-state index in [0.29, 0.717) is 6.42 Å². The van der Waals surface area contributed by atoms with Crippen LogP contribution in [0.3, 0.4) is 0 Å². The molecule has 2 N–H and O–H groups in total. The van der Waals surface area contributed by atoms with Gasteiger partial charge in [0.05, 0.1) is 7.11 Å². The SMILES string of the molecule is COC(=O)/C=C/C(=O)O[C@@H]1CCN(C(C)=O)[C@@H]1C(N)=O. The number of methoxy groups -OCH3 is 1. The van der Waals surface area contributed by atoms with Crippen LogP contribution >= 0.6 is 0 Å². The standard InChI is InChI=1S/C12H16N2O6/c1-7(15)14-6-5-8(11(14)12(13)18)20-10(17)4-3-9(16)19-2/h3-4,8,11H,5-6H2,1-2H3,(H2,13,18)/b4-3+/t8-,11+/m1/s1. The number of nitrogens with two attached hydrogens (primary N) is 1. The van der Waals surface area contributed by atoms with Gasteiger partial charge in [0, 0.05) is 32.0 Å². The summed E-state index contributed by atoms with van der Waals surface area (Å²) in [4.78, 5) is 46.3. The predicted molar refractivity (Wildman–Crippen MR) is 66.0 cm³/mol. The first-order chi connectivity index (χ1) is 9.36. The Balaban J connectivity index is 2.69. The van der Waals surface area contributed by atoms with Crippen LogP contribution in [0.5, 0.6) is 0 Å². The Morgan fingerprint density at radius 1 is 1.20 bits per heavy atom. The van der Waals surface area contributed by atoms with Crippen molar-refractivity contribution in [2.24, 2.45) is 5.73 Å². The van der Waals surface area contributed by atoms with Crippen LogP contribution in [0, 0.1) is 0 Å². The second-order valence-electron chi connectivity index (χ2n) is 4.18. The average Bonchev–Trinajstić information content (AvgIpc) is 2.79. The zero-order chi connectivity index (χ0) is 15.3. The monoisotopic (exact) mass is 284 g/mol. The Morgan fingerprint density at radius 3 is 2.30 bits per heavy atom. The number of carbonyl (C=O) groups excluding carboxylic acids is 4. The van der Waals surface area contributed by atoms with Crippen molar-refractivity contribution in [1.82, 2.24) is 4.90 Å². The molecule has 1 aliphatic heterocycles. The summed E-state index contributed by atoms with van der Waals surface area (Å²) in [5.74, 6) is -2.58. The summed E-state index contributed by atoms with van der Waals surface area (Å²) in [6.07, 6.45) is 1.29. The summed E-state index contributed by atoms with van der Waals surface area (Å²) < 4.78 is 9.35. The molecule has 2 atom stereocenters. The Morgan fingerprint density at radius 2 is 1.80 bits per heavy atom. The van der Waals surface area contributed by atoms with Crippen LogP contribution in [-0.4, -0.2) is 54.5 Å². The minimum absolute atomic E-state index is 0.279. The molecule has 8 heteroatoms. The fourth-order valence-corrected chi connectivity index (χ4v) is 1.97. The topological polar surface area (TPSA) is 116 Å². The van der Waals surface area contributed by atoms with Crippen molar-refractivity contribution in [2.45, 2.75) is 25.5 Å². The van der Waals surface area contributed by atoms with E-state index in [9.17, 15) is 19.2 Å². The van der Waals surface area contributed by atoms with Crippen molar-refractivity contribution in [2.75, 3.05) is 13.7 Å². The minimum atomic E-state index is -0.983. The minimum Gasteiger partial charge on any atom is -0.466 e. The van der Waals surface area contributed by atoms with E-state index < -0.39 is 30.0 Å². The summed E-state index contributed by atoms with van der Waals surface area (Å²) >= 11 is 0.